The fraction of sp³-hybridized carbons (Fsp3) is 0.300. The molecule has 0 saturated carbocycles. The summed E-state index contributed by atoms with van der Waals surface area (Å²) < 4.78 is 5.97. The van der Waals surface area contributed by atoms with Crippen LogP contribution in [0.1, 0.15) is 26.3 Å². The van der Waals surface area contributed by atoms with Crippen LogP contribution in [0.5, 0.6) is 0 Å². The molecule has 0 aliphatic carbocycles. The van der Waals surface area contributed by atoms with Gasteiger partial charge in [-0.3, -0.25) is 0 Å². The Bertz CT molecular complexity index is 581. The first-order chi connectivity index (χ1) is 10.5. The second-order valence-corrected chi connectivity index (χ2v) is 9.60. The maximum absolute atomic E-state index is 5.97. The molecule has 2 rings (SSSR count). The van der Waals surface area contributed by atoms with Gasteiger partial charge in [0, 0.05) is 6.61 Å². The van der Waals surface area contributed by atoms with Crippen molar-refractivity contribution >= 4 is 25.2 Å². The van der Waals surface area contributed by atoms with Gasteiger partial charge in [-0.2, -0.15) is 0 Å². The summed E-state index contributed by atoms with van der Waals surface area (Å²) in [5.74, 6) is 0. The molecule has 0 radical (unpaired) electrons. The summed E-state index contributed by atoms with van der Waals surface area (Å²) in [5, 5.41) is 2.95. The number of ether oxygens (including phenoxy) is 1. The van der Waals surface area contributed by atoms with E-state index < -0.39 is 8.80 Å². The van der Waals surface area contributed by atoms with Crippen LogP contribution in [-0.2, 0) is 4.74 Å². The van der Waals surface area contributed by atoms with E-state index in [4.69, 9.17) is 4.74 Å². The average Bonchev–Trinajstić information content (AvgIpc) is 2.52. The van der Waals surface area contributed by atoms with Crippen molar-refractivity contribution < 1.29 is 4.74 Å². The Kier molecular flexibility index (Phi) is 5.75. The molecule has 1 unspecified atom stereocenters. The van der Waals surface area contributed by atoms with Gasteiger partial charge in [0.1, 0.15) is 8.80 Å². The van der Waals surface area contributed by atoms with E-state index in [2.05, 4.69) is 81.9 Å². The van der Waals surface area contributed by atoms with Crippen molar-refractivity contribution in [3.8, 4) is 0 Å². The predicted molar refractivity (Wildman–Crippen MR) is 99.9 cm³/mol. The summed E-state index contributed by atoms with van der Waals surface area (Å²) in [4.78, 5) is 0. The molecule has 2 aromatic rings. The van der Waals surface area contributed by atoms with E-state index in [-0.39, 0.29) is 5.60 Å². The maximum atomic E-state index is 5.97. The van der Waals surface area contributed by atoms with Gasteiger partial charge < -0.3 is 4.74 Å². The molecule has 1 nitrogen and oxygen atoms in total. The van der Waals surface area contributed by atoms with E-state index in [1.165, 1.54) is 15.9 Å². The lowest BCUT2D eigenvalue weighted by Crippen LogP contribution is -2.43. The molecular formula is C20H26OSi. The summed E-state index contributed by atoms with van der Waals surface area (Å²) in [5.41, 5.74) is 1.11. The summed E-state index contributed by atoms with van der Waals surface area (Å²) in [6.07, 6.45) is 1.89. The quantitative estimate of drug-likeness (QED) is 0.742. The minimum absolute atomic E-state index is 0.0671. The monoisotopic (exact) mass is 310 g/mol. The van der Waals surface area contributed by atoms with Gasteiger partial charge in [0.05, 0.1) is 5.60 Å². The van der Waals surface area contributed by atoms with Crippen LogP contribution in [0.4, 0.5) is 0 Å². The number of hydrogen-bond acceptors (Lipinski definition) is 1. The number of hydrogen-bond donors (Lipinski definition) is 0. The third kappa shape index (κ3) is 4.97. The van der Waals surface area contributed by atoms with Gasteiger partial charge in [-0.25, -0.2) is 0 Å². The Hall–Kier alpha value is -1.64. The smallest absolute Gasteiger partial charge is 0.105 e. The fourth-order valence-corrected chi connectivity index (χ4v) is 5.31. The van der Waals surface area contributed by atoms with Crippen LogP contribution >= 0.6 is 0 Å². The van der Waals surface area contributed by atoms with Crippen molar-refractivity contribution in [2.45, 2.75) is 32.4 Å². The van der Waals surface area contributed by atoms with E-state index in [1.54, 1.807) is 0 Å². The topological polar surface area (TPSA) is 9.23 Å². The van der Waals surface area contributed by atoms with Crippen molar-refractivity contribution in [1.82, 2.24) is 0 Å². The third-order valence-electron chi connectivity index (χ3n) is 3.72. The van der Waals surface area contributed by atoms with Crippen LogP contribution in [0.15, 0.2) is 61.2 Å². The van der Waals surface area contributed by atoms with Crippen LogP contribution in [-0.4, -0.2) is 21.0 Å². The van der Waals surface area contributed by atoms with Gasteiger partial charge in [-0.05, 0) is 32.4 Å². The molecule has 0 amide bonds. The maximum Gasteiger partial charge on any atom is 0.105 e. The second kappa shape index (κ2) is 7.57. The lowest BCUT2D eigenvalue weighted by atomic mass is 10.2. The molecule has 0 N–H and O–H groups in total. The first-order valence-electron chi connectivity index (χ1n) is 7.91. The zero-order valence-corrected chi connectivity index (χ0v) is 15.0. The Morgan fingerprint density at radius 1 is 0.955 bits per heavy atom. The van der Waals surface area contributed by atoms with Gasteiger partial charge >= 0.3 is 0 Å². The SMILES string of the molecule is C=Cc1ccc([SiH](CCOC(C)(C)C)c2ccccc2)cc1. The highest BCUT2D eigenvalue weighted by atomic mass is 28.3. The van der Waals surface area contributed by atoms with E-state index >= 15 is 0 Å². The minimum atomic E-state index is -1.23. The van der Waals surface area contributed by atoms with Crippen molar-refractivity contribution in [3.63, 3.8) is 0 Å². The molecule has 0 aliphatic heterocycles. The van der Waals surface area contributed by atoms with E-state index in [1.807, 2.05) is 6.08 Å². The molecule has 0 fully saturated rings. The Balaban J connectivity index is 2.19. The van der Waals surface area contributed by atoms with Crippen LogP contribution in [0.3, 0.4) is 0 Å². The first kappa shape index (κ1) is 16.7. The molecule has 0 spiro atoms. The molecule has 0 aromatic heterocycles. The van der Waals surface area contributed by atoms with E-state index in [0.29, 0.717) is 0 Å². The zero-order chi connectivity index (χ0) is 16.0. The third-order valence-corrected chi connectivity index (χ3v) is 6.91. The molecule has 0 heterocycles. The van der Waals surface area contributed by atoms with Crippen LogP contribution in [0.25, 0.3) is 6.08 Å². The molecule has 2 aromatic carbocycles. The predicted octanol–water partition coefficient (Wildman–Crippen LogP) is 3.49. The van der Waals surface area contributed by atoms with Crippen molar-refractivity contribution in [3.05, 3.63) is 66.7 Å². The van der Waals surface area contributed by atoms with Gasteiger partial charge in [-0.15, -0.1) is 0 Å². The average molecular weight is 311 g/mol. The lowest BCUT2D eigenvalue weighted by Gasteiger charge is -2.22. The number of rotatable bonds is 6. The van der Waals surface area contributed by atoms with E-state index in [9.17, 15) is 0 Å². The minimum Gasteiger partial charge on any atom is -0.376 e. The van der Waals surface area contributed by atoms with Crippen molar-refractivity contribution in [1.29, 1.82) is 0 Å². The summed E-state index contributed by atoms with van der Waals surface area (Å²) >= 11 is 0. The zero-order valence-electron chi connectivity index (χ0n) is 13.9. The summed E-state index contributed by atoms with van der Waals surface area (Å²) in [6.45, 7) is 11.0. The molecule has 0 aliphatic rings. The van der Waals surface area contributed by atoms with Crippen LogP contribution < -0.4 is 10.4 Å². The number of benzene rings is 2. The molecule has 0 bridgehead atoms. The molecular weight excluding hydrogens is 284 g/mol. The second-order valence-electron chi connectivity index (χ2n) is 6.58. The van der Waals surface area contributed by atoms with Gasteiger partial charge in [-0.1, -0.05) is 77.6 Å². The normalized spacial score (nSPS) is 12.9. The largest absolute Gasteiger partial charge is 0.376 e. The fourth-order valence-electron chi connectivity index (χ4n) is 2.56. The molecule has 22 heavy (non-hydrogen) atoms. The van der Waals surface area contributed by atoms with Gasteiger partial charge in [0.2, 0.25) is 0 Å². The molecule has 2 heteroatoms. The Labute approximate surface area is 136 Å². The molecule has 0 saturated heterocycles. The van der Waals surface area contributed by atoms with Crippen molar-refractivity contribution in [2.24, 2.45) is 0 Å². The Morgan fingerprint density at radius 3 is 2.09 bits per heavy atom. The van der Waals surface area contributed by atoms with Gasteiger partial charge in [0.25, 0.3) is 0 Å². The standard InChI is InChI=1S/C20H26OSi/c1-5-17-11-13-19(14-12-17)22(16-15-21-20(2,3)4)18-9-7-6-8-10-18/h5-14,22H,1,15-16H2,2-4H3. The first-order valence-corrected chi connectivity index (χ1v) is 9.88. The van der Waals surface area contributed by atoms with Crippen molar-refractivity contribution in [2.75, 3.05) is 6.61 Å². The van der Waals surface area contributed by atoms with Crippen LogP contribution in [0, 0.1) is 0 Å². The highest BCUT2D eigenvalue weighted by molar-refractivity contribution is 6.85. The summed E-state index contributed by atoms with van der Waals surface area (Å²) in [6, 6.07) is 20.8. The Morgan fingerprint density at radius 2 is 1.55 bits per heavy atom. The van der Waals surface area contributed by atoms with Crippen LogP contribution in [0.2, 0.25) is 6.04 Å². The van der Waals surface area contributed by atoms with E-state index in [0.717, 1.165) is 12.7 Å². The summed E-state index contributed by atoms with van der Waals surface area (Å²) in [7, 11) is -1.23. The highest BCUT2D eigenvalue weighted by Crippen LogP contribution is 2.09. The molecule has 116 valence electrons. The highest BCUT2D eigenvalue weighted by Gasteiger charge is 2.18. The molecule has 1 atom stereocenters. The van der Waals surface area contributed by atoms with Gasteiger partial charge in [0.15, 0.2) is 0 Å². The lowest BCUT2D eigenvalue weighted by molar-refractivity contribution is 0.00526.